The summed E-state index contributed by atoms with van der Waals surface area (Å²) in [6.45, 7) is 6.37. The van der Waals surface area contributed by atoms with Crippen molar-refractivity contribution in [1.29, 1.82) is 0 Å². The minimum Gasteiger partial charge on any atom is -0.445 e. The number of nitrogens with zero attached hydrogens (tertiary/aromatic N) is 3. The SMILES string of the molecule is Cc1csc(CC2(O)CCN(Cc3cnc(C)o3)CC2)n1. The van der Waals surface area contributed by atoms with Gasteiger partial charge in [0.2, 0.25) is 0 Å². The van der Waals surface area contributed by atoms with Crippen molar-refractivity contribution in [2.24, 2.45) is 0 Å². The average Bonchev–Trinajstić information content (AvgIpc) is 3.02. The lowest BCUT2D eigenvalue weighted by atomic mass is 9.88. The minimum atomic E-state index is -0.613. The van der Waals surface area contributed by atoms with Crippen molar-refractivity contribution in [3.8, 4) is 0 Å². The van der Waals surface area contributed by atoms with Crippen LogP contribution in [0.25, 0.3) is 0 Å². The quantitative estimate of drug-likeness (QED) is 0.939. The number of aryl methyl sites for hydroxylation is 2. The fraction of sp³-hybridized carbons (Fsp3) is 0.600. The van der Waals surface area contributed by atoms with Gasteiger partial charge in [-0.15, -0.1) is 11.3 Å². The van der Waals surface area contributed by atoms with E-state index in [9.17, 15) is 5.11 Å². The molecule has 0 bridgehead atoms. The maximum atomic E-state index is 10.7. The zero-order chi connectivity index (χ0) is 14.9. The first-order valence-electron chi connectivity index (χ1n) is 7.29. The van der Waals surface area contributed by atoms with E-state index in [0.29, 0.717) is 12.3 Å². The maximum absolute atomic E-state index is 10.7. The van der Waals surface area contributed by atoms with E-state index in [2.05, 4.69) is 14.9 Å². The summed E-state index contributed by atoms with van der Waals surface area (Å²) in [6, 6.07) is 0. The second kappa shape index (κ2) is 5.87. The molecule has 2 aromatic heterocycles. The molecule has 0 spiro atoms. The molecule has 0 atom stereocenters. The van der Waals surface area contributed by atoms with Crippen LogP contribution in [0, 0.1) is 13.8 Å². The molecule has 0 unspecified atom stereocenters. The van der Waals surface area contributed by atoms with Gasteiger partial charge in [-0.1, -0.05) is 0 Å². The molecule has 3 rings (SSSR count). The van der Waals surface area contributed by atoms with Gasteiger partial charge >= 0.3 is 0 Å². The van der Waals surface area contributed by atoms with Crippen LogP contribution in [0.5, 0.6) is 0 Å². The van der Waals surface area contributed by atoms with Gasteiger partial charge in [-0.05, 0) is 19.8 Å². The van der Waals surface area contributed by atoms with Crippen molar-refractivity contribution in [3.05, 3.63) is 33.9 Å². The van der Waals surface area contributed by atoms with E-state index in [1.165, 1.54) is 0 Å². The molecule has 0 radical (unpaired) electrons. The van der Waals surface area contributed by atoms with Gasteiger partial charge in [0.1, 0.15) is 5.76 Å². The molecule has 1 fully saturated rings. The summed E-state index contributed by atoms with van der Waals surface area (Å²) in [6.07, 6.45) is 4.01. The number of likely N-dealkylation sites (tertiary alicyclic amines) is 1. The van der Waals surface area contributed by atoms with Gasteiger partial charge in [-0.2, -0.15) is 0 Å². The Kier molecular flexibility index (Phi) is 4.10. The fourth-order valence-corrected chi connectivity index (χ4v) is 3.68. The standard InChI is InChI=1S/C15H21N3O2S/c1-11-10-21-14(17-11)7-15(19)3-5-18(6-4-15)9-13-8-16-12(2)20-13/h8,10,19H,3-7,9H2,1-2H3. The summed E-state index contributed by atoms with van der Waals surface area (Å²) in [4.78, 5) is 10.9. The van der Waals surface area contributed by atoms with Crippen LogP contribution in [-0.4, -0.2) is 38.7 Å². The fourth-order valence-electron chi connectivity index (χ4n) is 2.77. The molecule has 0 aliphatic carbocycles. The van der Waals surface area contributed by atoms with Crippen molar-refractivity contribution in [1.82, 2.24) is 14.9 Å². The number of thiazole rings is 1. The molecule has 5 nitrogen and oxygen atoms in total. The number of hydrogen-bond donors (Lipinski definition) is 1. The van der Waals surface area contributed by atoms with Crippen molar-refractivity contribution >= 4 is 11.3 Å². The lowest BCUT2D eigenvalue weighted by Gasteiger charge is -2.37. The van der Waals surface area contributed by atoms with Crippen molar-refractivity contribution in [2.75, 3.05) is 13.1 Å². The molecule has 1 saturated heterocycles. The summed E-state index contributed by atoms with van der Waals surface area (Å²) < 4.78 is 5.51. The van der Waals surface area contributed by atoms with Gasteiger partial charge in [0.15, 0.2) is 5.89 Å². The van der Waals surface area contributed by atoms with Gasteiger partial charge in [-0.25, -0.2) is 9.97 Å². The van der Waals surface area contributed by atoms with Crippen LogP contribution in [0.15, 0.2) is 16.0 Å². The number of aliphatic hydroxyl groups is 1. The van der Waals surface area contributed by atoms with Crippen LogP contribution in [-0.2, 0) is 13.0 Å². The molecular weight excluding hydrogens is 286 g/mol. The number of piperidine rings is 1. The largest absolute Gasteiger partial charge is 0.445 e. The van der Waals surface area contributed by atoms with E-state index >= 15 is 0 Å². The predicted molar refractivity (Wildman–Crippen MR) is 81.3 cm³/mol. The zero-order valence-corrected chi connectivity index (χ0v) is 13.3. The molecule has 0 amide bonds. The minimum absolute atomic E-state index is 0.613. The highest BCUT2D eigenvalue weighted by molar-refractivity contribution is 7.09. The zero-order valence-electron chi connectivity index (χ0n) is 12.5. The lowest BCUT2D eigenvalue weighted by molar-refractivity contribution is -0.0237. The van der Waals surface area contributed by atoms with Crippen LogP contribution in [0.3, 0.4) is 0 Å². The number of aromatic nitrogens is 2. The van der Waals surface area contributed by atoms with Gasteiger partial charge in [-0.3, -0.25) is 4.90 Å². The lowest BCUT2D eigenvalue weighted by Crippen LogP contribution is -2.45. The first-order valence-corrected chi connectivity index (χ1v) is 8.17. The first-order chi connectivity index (χ1) is 10.0. The Hall–Kier alpha value is -1.24. The van der Waals surface area contributed by atoms with Crippen LogP contribution in [0.2, 0.25) is 0 Å². The summed E-state index contributed by atoms with van der Waals surface area (Å²) in [7, 11) is 0. The Morgan fingerprint density at radius 2 is 2.14 bits per heavy atom. The van der Waals surface area contributed by atoms with E-state index in [4.69, 9.17) is 4.42 Å². The van der Waals surface area contributed by atoms with Crippen LogP contribution >= 0.6 is 11.3 Å². The third-order valence-electron chi connectivity index (χ3n) is 3.98. The van der Waals surface area contributed by atoms with Gasteiger partial charge in [0.05, 0.1) is 23.4 Å². The highest BCUT2D eigenvalue weighted by atomic mass is 32.1. The molecule has 1 N–H and O–H groups in total. The highest BCUT2D eigenvalue weighted by Gasteiger charge is 2.33. The van der Waals surface area contributed by atoms with E-state index < -0.39 is 5.60 Å². The van der Waals surface area contributed by atoms with Gasteiger partial charge in [0, 0.05) is 37.5 Å². The summed E-state index contributed by atoms with van der Waals surface area (Å²) in [5.74, 6) is 1.60. The monoisotopic (exact) mass is 307 g/mol. The Labute approximate surface area is 128 Å². The Morgan fingerprint density at radius 3 is 2.71 bits per heavy atom. The van der Waals surface area contributed by atoms with Gasteiger partial charge < -0.3 is 9.52 Å². The second-order valence-electron chi connectivity index (χ2n) is 5.91. The molecule has 6 heteroatoms. The molecule has 21 heavy (non-hydrogen) atoms. The van der Waals surface area contributed by atoms with Crippen LogP contribution < -0.4 is 0 Å². The molecule has 1 aliphatic heterocycles. The summed E-state index contributed by atoms with van der Waals surface area (Å²) >= 11 is 1.64. The Morgan fingerprint density at radius 1 is 1.38 bits per heavy atom. The highest BCUT2D eigenvalue weighted by Crippen LogP contribution is 2.28. The number of oxazole rings is 1. The molecule has 1 aliphatic rings. The van der Waals surface area contributed by atoms with E-state index in [1.54, 1.807) is 17.5 Å². The molecule has 3 heterocycles. The smallest absolute Gasteiger partial charge is 0.191 e. The topological polar surface area (TPSA) is 62.4 Å². The summed E-state index contributed by atoms with van der Waals surface area (Å²) in [5, 5.41) is 13.8. The third kappa shape index (κ3) is 3.70. The third-order valence-corrected chi connectivity index (χ3v) is 4.95. The van der Waals surface area contributed by atoms with E-state index in [1.807, 2.05) is 19.2 Å². The van der Waals surface area contributed by atoms with Crippen molar-refractivity contribution in [2.45, 2.75) is 45.3 Å². The molecular formula is C15H21N3O2S. The van der Waals surface area contributed by atoms with Crippen molar-refractivity contribution in [3.63, 3.8) is 0 Å². The van der Waals surface area contributed by atoms with E-state index in [-0.39, 0.29) is 0 Å². The van der Waals surface area contributed by atoms with Gasteiger partial charge in [0.25, 0.3) is 0 Å². The van der Waals surface area contributed by atoms with Crippen molar-refractivity contribution < 1.29 is 9.52 Å². The normalized spacial score (nSPS) is 19.0. The predicted octanol–water partition coefficient (Wildman–Crippen LogP) is 2.32. The molecule has 0 aromatic carbocycles. The average molecular weight is 307 g/mol. The Bertz CT molecular complexity index is 600. The van der Waals surface area contributed by atoms with E-state index in [0.717, 1.165) is 48.9 Å². The maximum Gasteiger partial charge on any atom is 0.191 e. The number of hydrogen-bond acceptors (Lipinski definition) is 6. The molecule has 0 saturated carbocycles. The number of rotatable bonds is 4. The van der Waals surface area contributed by atoms with Crippen LogP contribution in [0.1, 0.15) is 35.2 Å². The molecule has 2 aromatic rings. The van der Waals surface area contributed by atoms with Crippen LogP contribution in [0.4, 0.5) is 0 Å². The summed E-state index contributed by atoms with van der Waals surface area (Å²) in [5.41, 5.74) is 0.426. The Balaban J connectivity index is 1.54. The first kappa shape index (κ1) is 14.7. The molecule has 114 valence electrons. The second-order valence-corrected chi connectivity index (χ2v) is 6.85.